The highest BCUT2D eigenvalue weighted by Gasteiger charge is 2.23. The lowest BCUT2D eigenvalue weighted by Crippen LogP contribution is -2.09. The van der Waals surface area contributed by atoms with Crippen LogP contribution >= 0.6 is 15.9 Å². The van der Waals surface area contributed by atoms with Crippen LogP contribution in [0.4, 0.5) is 0 Å². The first-order chi connectivity index (χ1) is 9.17. The van der Waals surface area contributed by atoms with Gasteiger partial charge in [-0.1, -0.05) is 19.3 Å². The molecule has 1 aromatic rings. The molecule has 0 atom stereocenters. The molecule has 0 bridgehead atoms. The summed E-state index contributed by atoms with van der Waals surface area (Å²) in [7, 11) is 3.07. The summed E-state index contributed by atoms with van der Waals surface area (Å²) in [6.07, 6.45) is 6.11. The molecule has 1 aromatic carbocycles. The van der Waals surface area contributed by atoms with Crippen LogP contribution in [0.15, 0.2) is 16.6 Å². The number of rotatable bonds is 3. The Morgan fingerprint density at radius 3 is 2.47 bits per heavy atom. The molecular formula is C15H19BrO3. The van der Waals surface area contributed by atoms with E-state index in [1.165, 1.54) is 26.4 Å². The van der Waals surface area contributed by atoms with Gasteiger partial charge in [0.1, 0.15) is 5.75 Å². The van der Waals surface area contributed by atoms with E-state index in [0.717, 1.165) is 28.6 Å². The number of esters is 1. The second-order valence-corrected chi connectivity index (χ2v) is 5.76. The van der Waals surface area contributed by atoms with Gasteiger partial charge in [-0.2, -0.15) is 0 Å². The molecule has 104 valence electrons. The fraction of sp³-hybridized carbons (Fsp3) is 0.533. The van der Waals surface area contributed by atoms with Gasteiger partial charge in [-0.25, -0.2) is 4.79 Å². The predicted octanol–water partition coefficient (Wildman–Crippen LogP) is 4.29. The molecule has 0 radical (unpaired) electrons. The summed E-state index contributed by atoms with van der Waals surface area (Å²) in [5.74, 6) is 1.02. The fourth-order valence-corrected chi connectivity index (χ4v) is 3.42. The van der Waals surface area contributed by atoms with Crippen molar-refractivity contribution in [2.45, 2.75) is 38.0 Å². The molecule has 0 aromatic heterocycles. The van der Waals surface area contributed by atoms with Crippen molar-refractivity contribution in [3.63, 3.8) is 0 Å². The molecule has 1 aliphatic rings. The molecular weight excluding hydrogens is 308 g/mol. The Hall–Kier alpha value is -1.03. The monoisotopic (exact) mass is 326 g/mol. The van der Waals surface area contributed by atoms with Gasteiger partial charge in [0.25, 0.3) is 0 Å². The van der Waals surface area contributed by atoms with E-state index in [2.05, 4.69) is 15.9 Å². The summed E-state index contributed by atoms with van der Waals surface area (Å²) in [4.78, 5) is 11.7. The zero-order chi connectivity index (χ0) is 13.8. The standard InChI is InChI=1S/C15H19BrO3/c1-18-14-12(10-6-4-3-5-7-10)8-11(9-13(14)16)15(17)19-2/h8-10H,3-7H2,1-2H3. The number of hydrogen-bond acceptors (Lipinski definition) is 3. The van der Waals surface area contributed by atoms with Gasteiger partial charge in [0.15, 0.2) is 0 Å². The van der Waals surface area contributed by atoms with Crippen LogP contribution in [0.5, 0.6) is 5.75 Å². The van der Waals surface area contributed by atoms with Crippen LogP contribution in [-0.2, 0) is 4.74 Å². The third-order valence-corrected chi connectivity index (χ3v) is 4.33. The van der Waals surface area contributed by atoms with Crippen LogP contribution < -0.4 is 4.74 Å². The van der Waals surface area contributed by atoms with Crippen LogP contribution in [0, 0.1) is 0 Å². The van der Waals surface area contributed by atoms with E-state index in [9.17, 15) is 4.79 Å². The van der Waals surface area contributed by atoms with Crippen molar-refractivity contribution >= 4 is 21.9 Å². The van der Waals surface area contributed by atoms with Gasteiger partial charge in [0.05, 0.1) is 24.3 Å². The van der Waals surface area contributed by atoms with Crippen molar-refractivity contribution in [3.8, 4) is 5.75 Å². The molecule has 2 rings (SSSR count). The topological polar surface area (TPSA) is 35.5 Å². The van der Waals surface area contributed by atoms with Crippen LogP contribution in [0.3, 0.4) is 0 Å². The molecule has 0 saturated heterocycles. The summed E-state index contributed by atoms with van der Waals surface area (Å²) in [6.45, 7) is 0. The number of hydrogen-bond donors (Lipinski definition) is 0. The minimum absolute atomic E-state index is 0.305. The average Bonchev–Trinajstić information content (AvgIpc) is 2.46. The SMILES string of the molecule is COC(=O)c1cc(Br)c(OC)c(C2CCCCC2)c1. The molecule has 0 spiro atoms. The highest BCUT2D eigenvalue weighted by atomic mass is 79.9. The van der Waals surface area contributed by atoms with E-state index >= 15 is 0 Å². The summed E-state index contributed by atoms with van der Waals surface area (Å²) in [5, 5.41) is 0. The molecule has 0 aliphatic heterocycles. The minimum atomic E-state index is -0.305. The molecule has 1 aliphatic carbocycles. The maximum absolute atomic E-state index is 11.7. The Kier molecular flexibility index (Phi) is 4.86. The fourth-order valence-electron chi connectivity index (χ4n) is 2.78. The third kappa shape index (κ3) is 3.11. The third-order valence-electron chi connectivity index (χ3n) is 3.74. The van der Waals surface area contributed by atoms with Crippen molar-refractivity contribution in [2.24, 2.45) is 0 Å². The van der Waals surface area contributed by atoms with Gasteiger partial charge in [-0.3, -0.25) is 0 Å². The number of ether oxygens (including phenoxy) is 2. The Labute approximate surface area is 122 Å². The summed E-state index contributed by atoms with van der Waals surface area (Å²) in [5.41, 5.74) is 1.70. The molecule has 3 nitrogen and oxygen atoms in total. The lowest BCUT2D eigenvalue weighted by molar-refractivity contribution is 0.0600. The Morgan fingerprint density at radius 1 is 1.21 bits per heavy atom. The van der Waals surface area contributed by atoms with E-state index in [-0.39, 0.29) is 5.97 Å². The maximum atomic E-state index is 11.7. The van der Waals surface area contributed by atoms with Crippen molar-refractivity contribution in [1.29, 1.82) is 0 Å². The zero-order valence-electron chi connectivity index (χ0n) is 11.4. The lowest BCUT2D eigenvalue weighted by Gasteiger charge is -2.24. The zero-order valence-corrected chi connectivity index (χ0v) is 13.0. The van der Waals surface area contributed by atoms with Gasteiger partial charge < -0.3 is 9.47 Å². The highest BCUT2D eigenvalue weighted by molar-refractivity contribution is 9.10. The Morgan fingerprint density at radius 2 is 1.89 bits per heavy atom. The van der Waals surface area contributed by atoms with E-state index in [1.807, 2.05) is 6.07 Å². The first kappa shape index (κ1) is 14.4. The highest BCUT2D eigenvalue weighted by Crippen LogP contribution is 2.41. The number of benzene rings is 1. The minimum Gasteiger partial charge on any atom is -0.495 e. The Bertz CT molecular complexity index is 465. The number of carbonyl (C=O) groups excluding carboxylic acids is 1. The quantitative estimate of drug-likeness (QED) is 0.777. The first-order valence-electron chi connectivity index (χ1n) is 6.63. The summed E-state index contributed by atoms with van der Waals surface area (Å²) in [6, 6.07) is 3.68. The van der Waals surface area contributed by atoms with Gasteiger partial charge in [-0.15, -0.1) is 0 Å². The van der Waals surface area contributed by atoms with Crippen molar-refractivity contribution in [3.05, 3.63) is 27.7 Å². The largest absolute Gasteiger partial charge is 0.495 e. The number of methoxy groups -OCH3 is 2. The molecule has 1 saturated carbocycles. The van der Waals surface area contributed by atoms with Gasteiger partial charge >= 0.3 is 5.97 Å². The van der Waals surface area contributed by atoms with Gasteiger partial charge in [0.2, 0.25) is 0 Å². The maximum Gasteiger partial charge on any atom is 0.337 e. The molecule has 0 N–H and O–H groups in total. The van der Waals surface area contributed by atoms with Gasteiger partial charge in [0, 0.05) is 0 Å². The van der Waals surface area contributed by atoms with Crippen molar-refractivity contribution in [1.82, 2.24) is 0 Å². The van der Waals surface area contributed by atoms with E-state index in [4.69, 9.17) is 9.47 Å². The summed E-state index contributed by atoms with van der Waals surface area (Å²) < 4.78 is 11.1. The molecule has 19 heavy (non-hydrogen) atoms. The molecule has 0 amide bonds. The van der Waals surface area contributed by atoms with Crippen LogP contribution in [0.25, 0.3) is 0 Å². The lowest BCUT2D eigenvalue weighted by atomic mass is 9.83. The van der Waals surface area contributed by atoms with Gasteiger partial charge in [-0.05, 0) is 52.4 Å². The van der Waals surface area contributed by atoms with E-state index in [1.54, 1.807) is 13.2 Å². The summed E-state index contributed by atoms with van der Waals surface area (Å²) >= 11 is 3.49. The smallest absolute Gasteiger partial charge is 0.337 e. The molecule has 1 fully saturated rings. The van der Waals surface area contributed by atoms with E-state index < -0.39 is 0 Å². The second-order valence-electron chi connectivity index (χ2n) is 4.91. The van der Waals surface area contributed by atoms with Crippen LogP contribution in [-0.4, -0.2) is 20.2 Å². The first-order valence-corrected chi connectivity index (χ1v) is 7.42. The molecule has 4 heteroatoms. The van der Waals surface area contributed by atoms with Crippen LogP contribution in [0.1, 0.15) is 53.9 Å². The van der Waals surface area contributed by atoms with Crippen LogP contribution in [0.2, 0.25) is 0 Å². The Balaban J connectivity index is 2.43. The second kappa shape index (κ2) is 6.42. The van der Waals surface area contributed by atoms with Crippen molar-refractivity contribution in [2.75, 3.05) is 14.2 Å². The molecule has 0 unspecified atom stereocenters. The normalized spacial score (nSPS) is 16.2. The number of carbonyl (C=O) groups is 1. The van der Waals surface area contributed by atoms with Crippen molar-refractivity contribution < 1.29 is 14.3 Å². The molecule has 0 heterocycles. The number of halogens is 1. The average molecular weight is 327 g/mol. The van der Waals surface area contributed by atoms with E-state index in [0.29, 0.717) is 11.5 Å². The predicted molar refractivity (Wildman–Crippen MR) is 77.9 cm³/mol.